The van der Waals surface area contributed by atoms with Gasteiger partial charge in [0.2, 0.25) is 0 Å². The minimum Gasteiger partial charge on any atom is -0.403 e. The Kier molecular flexibility index (Phi) is 4.57. The van der Waals surface area contributed by atoms with Crippen LogP contribution in [0.3, 0.4) is 0 Å². The summed E-state index contributed by atoms with van der Waals surface area (Å²) >= 11 is 6.57. The highest BCUT2D eigenvalue weighted by Crippen LogP contribution is 2.36. The van der Waals surface area contributed by atoms with Crippen molar-refractivity contribution in [1.29, 1.82) is 0 Å². The van der Waals surface area contributed by atoms with Crippen LogP contribution in [0.15, 0.2) is 6.07 Å². The summed E-state index contributed by atoms with van der Waals surface area (Å²) in [7, 11) is 0. The number of alkyl halides is 7. The van der Waals surface area contributed by atoms with Crippen molar-refractivity contribution in [3.05, 3.63) is 21.0 Å². The molecule has 0 N–H and O–H groups in total. The zero-order chi connectivity index (χ0) is 14.1. The van der Waals surface area contributed by atoms with Gasteiger partial charge in [-0.05, 0) is 28.7 Å². The fourth-order valence-electron chi connectivity index (χ4n) is 1.01. The van der Waals surface area contributed by atoms with Crippen molar-refractivity contribution in [1.82, 2.24) is 4.98 Å². The summed E-state index contributed by atoms with van der Waals surface area (Å²) in [6, 6.07) is 0.456. The second-order valence-electron chi connectivity index (χ2n) is 2.94. The lowest BCUT2D eigenvalue weighted by atomic mass is 10.3. The third-order valence-electron chi connectivity index (χ3n) is 1.63. The first-order valence-electron chi connectivity index (χ1n) is 4.13. The van der Waals surface area contributed by atoms with Crippen molar-refractivity contribution in [2.75, 3.05) is 0 Å². The van der Waals surface area contributed by atoms with Crippen LogP contribution in [0.1, 0.15) is 11.4 Å². The van der Waals surface area contributed by atoms with E-state index in [1.807, 2.05) is 0 Å². The van der Waals surface area contributed by atoms with Gasteiger partial charge in [0.25, 0.3) is 0 Å². The van der Waals surface area contributed by atoms with Crippen LogP contribution in [0, 0.1) is 3.57 Å². The summed E-state index contributed by atoms with van der Waals surface area (Å²) in [5.74, 6) is -1.45. The van der Waals surface area contributed by atoms with Crippen molar-refractivity contribution in [3.8, 4) is 5.75 Å². The second-order valence-corrected chi connectivity index (χ2v) is 4.37. The van der Waals surface area contributed by atoms with Crippen molar-refractivity contribution in [2.45, 2.75) is 18.4 Å². The van der Waals surface area contributed by atoms with Gasteiger partial charge in [0.05, 0.1) is 15.1 Å². The first kappa shape index (κ1) is 15.6. The van der Waals surface area contributed by atoms with Crippen LogP contribution in [-0.4, -0.2) is 11.3 Å². The van der Waals surface area contributed by atoms with Gasteiger partial charge in [-0.25, -0.2) is 4.98 Å². The third-order valence-corrected chi connectivity index (χ3v) is 2.69. The van der Waals surface area contributed by atoms with Crippen molar-refractivity contribution in [2.24, 2.45) is 0 Å². The van der Waals surface area contributed by atoms with Gasteiger partial charge in [0, 0.05) is 0 Å². The Labute approximate surface area is 115 Å². The number of rotatable bonds is 2. The van der Waals surface area contributed by atoms with E-state index in [0.717, 1.165) is 0 Å². The molecule has 1 heterocycles. The average Bonchev–Trinajstić information content (AvgIpc) is 2.17. The Morgan fingerprint density at radius 1 is 1.22 bits per heavy atom. The summed E-state index contributed by atoms with van der Waals surface area (Å²) in [6.45, 7) is 0. The quantitative estimate of drug-likeness (QED) is 0.415. The third kappa shape index (κ3) is 4.04. The van der Waals surface area contributed by atoms with E-state index >= 15 is 0 Å². The van der Waals surface area contributed by atoms with E-state index in [2.05, 4.69) is 9.72 Å². The molecule has 0 saturated carbocycles. The Balaban J connectivity index is 3.29. The molecule has 0 aliphatic heterocycles. The molecule has 1 aromatic rings. The molecule has 1 rings (SSSR count). The lowest BCUT2D eigenvalue weighted by Crippen LogP contribution is -2.20. The molecule has 0 aromatic carbocycles. The molecule has 0 aliphatic rings. The van der Waals surface area contributed by atoms with E-state index in [-0.39, 0.29) is 3.57 Å². The lowest BCUT2D eigenvalue weighted by Gasteiger charge is -2.15. The fraction of sp³-hybridized carbons (Fsp3) is 0.375. The first-order valence-corrected chi connectivity index (χ1v) is 5.74. The zero-order valence-electron chi connectivity index (χ0n) is 8.16. The van der Waals surface area contributed by atoms with Crippen molar-refractivity contribution >= 4 is 34.2 Å². The van der Waals surface area contributed by atoms with E-state index in [0.29, 0.717) is 6.07 Å². The van der Waals surface area contributed by atoms with Gasteiger partial charge in [-0.15, -0.1) is 24.8 Å². The Hall–Kier alpha value is -0.450. The number of nitrogens with zero attached hydrogens (tertiary/aromatic N) is 1. The molecule has 0 bridgehead atoms. The van der Waals surface area contributed by atoms with E-state index in [1.165, 1.54) is 22.6 Å². The number of aromatic nitrogens is 1. The standard InChI is InChI=1S/C8H3ClF6INO/c9-2-4-6(18-8(13,14)15)3(16)1-5(17-4)7(10,11)12/h1H,2H2. The summed E-state index contributed by atoms with van der Waals surface area (Å²) in [5, 5.41) is 0. The number of halogens is 8. The highest BCUT2D eigenvalue weighted by atomic mass is 127. The molecular formula is C8H3ClF6INO. The maximum absolute atomic E-state index is 12.4. The van der Waals surface area contributed by atoms with E-state index in [1.54, 1.807) is 0 Å². The Morgan fingerprint density at radius 3 is 2.17 bits per heavy atom. The smallest absolute Gasteiger partial charge is 0.403 e. The molecule has 0 aliphatic carbocycles. The topological polar surface area (TPSA) is 22.1 Å². The molecular weight excluding hydrogens is 402 g/mol. The van der Waals surface area contributed by atoms with E-state index in [9.17, 15) is 26.3 Å². The molecule has 0 unspecified atom stereocenters. The normalized spacial score (nSPS) is 12.7. The molecule has 102 valence electrons. The van der Waals surface area contributed by atoms with Crippen LogP contribution in [-0.2, 0) is 12.1 Å². The molecule has 10 heteroatoms. The van der Waals surface area contributed by atoms with Crippen molar-refractivity contribution < 1.29 is 31.1 Å². The van der Waals surface area contributed by atoms with Gasteiger partial charge < -0.3 is 4.74 Å². The summed E-state index contributed by atoms with van der Waals surface area (Å²) < 4.78 is 76.5. The van der Waals surface area contributed by atoms with Gasteiger partial charge in [-0.2, -0.15) is 13.2 Å². The highest BCUT2D eigenvalue weighted by molar-refractivity contribution is 14.1. The van der Waals surface area contributed by atoms with E-state index in [4.69, 9.17) is 11.6 Å². The van der Waals surface area contributed by atoms with Crippen LogP contribution in [0.25, 0.3) is 0 Å². The molecule has 0 amide bonds. The maximum Gasteiger partial charge on any atom is 0.573 e. The zero-order valence-corrected chi connectivity index (χ0v) is 11.1. The SMILES string of the molecule is FC(F)(F)Oc1c(I)cc(C(F)(F)F)nc1CCl. The van der Waals surface area contributed by atoms with Crippen LogP contribution in [0.5, 0.6) is 5.75 Å². The molecule has 0 saturated heterocycles. The predicted octanol–water partition coefficient (Wildman–Crippen LogP) is 4.34. The van der Waals surface area contributed by atoms with Crippen molar-refractivity contribution in [3.63, 3.8) is 0 Å². The number of pyridine rings is 1. The Bertz CT molecular complexity index is 446. The molecule has 2 nitrogen and oxygen atoms in total. The monoisotopic (exact) mass is 405 g/mol. The summed E-state index contributed by atoms with van der Waals surface area (Å²) in [5.41, 5.74) is -1.94. The van der Waals surface area contributed by atoms with Gasteiger partial charge in [0.15, 0.2) is 5.75 Å². The van der Waals surface area contributed by atoms with Crippen LogP contribution in [0.4, 0.5) is 26.3 Å². The van der Waals surface area contributed by atoms with Gasteiger partial charge in [-0.3, -0.25) is 0 Å². The number of ether oxygens (including phenoxy) is 1. The highest BCUT2D eigenvalue weighted by Gasteiger charge is 2.37. The number of hydrogen-bond donors (Lipinski definition) is 0. The largest absolute Gasteiger partial charge is 0.573 e. The van der Waals surface area contributed by atoms with Crippen LogP contribution < -0.4 is 4.74 Å². The van der Waals surface area contributed by atoms with Gasteiger partial charge >= 0.3 is 12.5 Å². The number of hydrogen-bond acceptors (Lipinski definition) is 2. The summed E-state index contributed by atoms with van der Waals surface area (Å²) in [4.78, 5) is 3.02. The molecule has 0 spiro atoms. The molecule has 18 heavy (non-hydrogen) atoms. The minimum atomic E-state index is -5.03. The maximum atomic E-state index is 12.4. The molecule has 0 radical (unpaired) electrons. The lowest BCUT2D eigenvalue weighted by molar-refractivity contribution is -0.275. The van der Waals surface area contributed by atoms with Crippen LogP contribution in [0.2, 0.25) is 0 Å². The first-order chi connectivity index (χ1) is 8.04. The predicted molar refractivity (Wildman–Crippen MR) is 58.2 cm³/mol. The fourth-order valence-corrected chi connectivity index (χ4v) is 1.91. The van der Waals surface area contributed by atoms with Gasteiger partial charge in [-0.1, -0.05) is 0 Å². The molecule has 1 aromatic heterocycles. The average molecular weight is 405 g/mol. The second kappa shape index (κ2) is 5.27. The molecule has 0 fully saturated rings. The van der Waals surface area contributed by atoms with E-state index < -0.39 is 35.6 Å². The minimum absolute atomic E-state index is 0.372. The summed E-state index contributed by atoms with van der Waals surface area (Å²) in [6.07, 6.45) is -9.79. The molecule has 0 atom stereocenters. The van der Waals surface area contributed by atoms with Gasteiger partial charge in [0.1, 0.15) is 5.69 Å². The van der Waals surface area contributed by atoms with Crippen LogP contribution >= 0.6 is 34.2 Å². The Morgan fingerprint density at radius 2 is 1.78 bits per heavy atom.